The van der Waals surface area contributed by atoms with Crippen LogP contribution in [0.3, 0.4) is 0 Å². The summed E-state index contributed by atoms with van der Waals surface area (Å²) in [6, 6.07) is 3.75. The summed E-state index contributed by atoms with van der Waals surface area (Å²) in [7, 11) is 0. The second kappa shape index (κ2) is 4.15. The predicted octanol–water partition coefficient (Wildman–Crippen LogP) is 2.56. The highest BCUT2D eigenvalue weighted by Crippen LogP contribution is 2.26. The normalized spacial score (nSPS) is 9.50. The molecule has 72 valence electrons. The fourth-order valence-electron chi connectivity index (χ4n) is 0.943. The first kappa shape index (κ1) is 10.6. The van der Waals surface area contributed by atoms with Gasteiger partial charge >= 0.3 is 0 Å². The average Bonchev–Trinajstić information content (AvgIpc) is 2.10. The van der Waals surface area contributed by atoms with Crippen LogP contribution in [0.1, 0.15) is 5.56 Å². The van der Waals surface area contributed by atoms with Crippen LogP contribution in [0.25, 0.3) is 0 Å². The first-order valence-electron chi connectivity index (χ1n) is 3.55. The van der Waals surface area contributed by atoms with Crippen molar-refractivity contribution in [3.8, 4) is 6.07 Å². The van der Waals surface area contributed by atoms with Crippen molar-refractivity contribution in [2.45, 2.75) is 6.42 Å². The first-order chi connectivity index (χ1) is 6.56. The molecule has 1 rings (SSSR count). The lowest BCUT2D eigenvalue weighted by Gasteiger charge is -2.01. The zero-order valence-corrected chi connectivity index (χ0v) is 8.41. The van der Waals surface area contributed by atoms with E-state index in [0.29, 0.717) is 0 Å². The lowest BCUT2D eigenvalue weighted by atomic mass is 10.1. The molecule has 1 aromatic carbocycles. The quantitative estimate of drug-likeness (QED) is 0.605. The first-order valence-corrected chi connectivity index (χ1v) is 4.35. The standard InChI is InChI=1S/C8H4BrFN2O2/c9-7-3-5(12(13)14)4-8(10)6(7)1-2-11/h3-4H,1H2. The minimum absolute atomic E-state index is 0.121. The molecular weight excluding hydrogens is 255 g/mol. The van der Waals surface area contributed by atoms with Gasteiger partial charge in [-0.25, -0.2) is 4.39 Å². The van der Waals surface area contributed by atoms with Crippen molar-refractivity contribution >= 4 is 21.6 Å². The molecule has 0 amide bonds. The summed E-state index contributed by atoms with van der Waals surface area (Å²) < 4.78 is 13.4. The van der Waals surface area contributed by atoms with Crippen LogP contribution in [0, 0.1) is 27.3 Å². The molecule has 1 aromatic rings. The number of rotatable bonds is 2. The summed E-state index contributed by atoms with van der Waals surface area (Å²) in [5, 5.41) is 18.7. The van der Waals surface area contributed by atoms with Crippen LogP contribution in [0.15, 0.2) is 16.6 Å². The summed E-state index contributed by atoms with van der Waals surface area (Å²) in [5.41, 5.74) is -0.200. The van der Waals surface area contributed by atoms with Crippen LogP contribution in [-0.4, -0.2) is 4.92 Å². The molecule has 0 aliphatic heterocycles. The third-order valence-corrected chi connectivity index (χ3v) is 2.30. The zero-order valence-electron chi connectivity index (χ0n) is 6.83. The zero-order chi connectivity index (χ0) is 10.7. The van der Waals surface area contributed by atoms with Crippen molar-refractivity contribution in [1.29, 1.82) is 5.26 Å². The van der Waals surface area contributed by atoms with E-state index < -0.39 is 10.7 Å². The molecule has 0 saturated carbocycles. The van der Waals surface area contributed by atoms with E-state index in [-0.39, 0.29) is 22.1 Å². The Morgan fingerprint density at radius 1 is 1.64 bits per heavy atom. The van der Waals surface area contributed by atoms with Crippen molar-refractivity contribution in [1.82, 2.24) is 0 Å². The SMILES string of the molecule is N#CCc1c(F)cc([N+](=O)[O-])cc1Br. The maximum Gasteiger partial charge on any atom is 0.273 e. The Hall–Kier alpha value is -1.48. The van der Waals surface area contributed by atoms with Gasteiger partial charge in [0.05, 0.1) is 23.5 Å². The van der Waals surface area contributed by atoms with Gasteiger partial charge in [-0.1, -0.05) is 15.9 Å². The number of nitriles is 1. The van der Waals surface area contributed by atoms with Crippen LogP contribution in [0.2, 0.25) is 0 Å². The number of hydrogen-bond acceptors (Lipinski definition) is 3. The summed E-state index contributed by atoms with van der Waals surface area (Å²) in [4.78, 5) is 9.64. The molecule has 0 aromatic heterocycles. The number of non-ortho nitro benzene ring substituents is 1. The molecule has 0 unspecified atom stereocenters. The summed E-state index contributed by atoms with van der Waals surface area (Å²) in [6.45, 7) is 0. The van der Waals surface area contributed by atoms with Gasteiger partial charge in [0.15, 0.2) is 0 Å². The Labute approximate surface area is 87.2 Å². The number of nitro benzene ring substituents is 1. The van der Waals surface area contributed by atoms with Gasteiger partial charge in [-0.2, -0.15) is 5.26 Å². The summed E-state index contributed by atoms with van der Waals surface area (Å²) in [5.74, 6) is -0.743. The van der Waals surface area contributed by atoms with E-state index in [1.54, 1.807) is 6.07 Å². The van der Waals surface area contributed by atoms with E-state index >= 15 is 0 Å². The van der Waals surface area contributed by atoms with Crippen LogP contribution < -0.4 is 0 Å². The molecule has 4 nitrogen and oxygen atoms in total. The largest absolute Gasteiger partial charge is 0.273 e. The van der Waals surface area contributed by atoms with Gasteiger partial charge in [0, 0.05) is 16.1 Å². The molecular formula is C8H4BrFN2O2. The van der Waals surface area contributed by atoms with Crippen LogP contribution in [0.4, 0.5) is 10.1 Å². The van der Waals surface area contributed by atoms with Gasteiger partial charge < -0.3 is 0 Å². The van der Waals surface area contributed by atoms with E-state index in [0.717, 1.165) is 6.07 Å². The Bertz CT molecular complexity index is 405. The van der Waals surface area contributed by atoms with Gasteiger partial charge in [0.2, 0.25) is 0 Å². The Morgan fingerprint density at radius 3 is 2.71 bits per heavy atom. The summed E-state index contributed by atoms with van der Waals surface area (Å²) in [6.07, 6.45) is -0.121. The van der Waals surface area contributed by atoms with Crippen molar-refractivity contribution in [3.63, 3.8) is 0 Å². The summed E-state index contributed by atoms with van der Waals surface area (Å²) >= 11 is 2.97. The van der Waals surface area contributed by atoms with Gasteiger partial charge in [0.25, 0.3) is 5.69 Å². The van der Waals surface area contributed by atoms with E-state index in [1.807, 2.05) is 0 Å². The number of benzene rings is 1. The van der Waals surface area contributed by atoms with Gasteiger partial charge in [0.1, 0.15) is 5.82 Å². The van der Waals surface area contributed by atoms with Gasteiger partial charge in [-0.05, 0) is 0 Å². The Balaban J connectivity index is 3.26. The second-order valence-electron chi connectivity index (χ2n) is 2.48. The van der Waals surface area contributed by atoms with Crippen LogP contribution in [0.5, 0.6) is 0 Å². The topological polar surface area (TPSA) is 66.9 Å². The lowest BCUT2D eigenvalue weighted by molar-refractivity contribution is -0.385. The molecule has 0 fully saturated rings. The molecule has 14 heavy (non-hydrogen) atoms. The molecule has 0 bridgehead atoms. The fraction of sp³-hybridized carbons (Fsp3) is 0.125. The number of hydrogen-bond donors (Lipinski definition) is 0. The van der Waals surface area contributed by atoms with E-state index in [4.69, 9.17) is 5.26 Å². The van der Waals surface area contributed by atoms with Crippen LogP contribution >= 0.6 is 15.9 Å². The molecule has 0 saturated heterocycles. The predicted molar refractivity (Wildman–Crippen MR) is 50.1 cm³/mol. The van der Waals surface area contributed by atoms with Gasteiger partial charge in [-0.15, -0.1) is 0 Å². The number of nitro groups is 1. The lowest BCUT2D eigenvalue weighted by Crippen LogP contribution is -1.95. The number of halogens is 2. The van der Waals surface area contributed by atoms with E-state index in [9.17, 15) is 14.5 Å². The maximum atomic E-state index is 13.2. The van der Waals surface area contributed by atoms with Crippen molar-refractivity contribution in [3.05, 3.63) is 38.1 Å². The fourth-order valence-corrected chi connectivity index (χ4v) is 1.51. The smallest absolute Gasteiger partial charge is 0.258 e. The minimum atomic E-state index is -0.743. The molecule has 0 spiro atoms. The third kappa shape index (κ3) is 2.06. The molecule has 0 heterocycles. The molecule has 0 radical (unpaired) electrons. The second-order valence-corrected chi connectivity index (χ2v) is 3.33. The average molecular weight is 259 g/mol. The molecule has 6 heteroatoms. The molecule has 0 aliphatic rings. The van der Waals surface area contributed by atoms with E-state index in [2.05, 4.69) is 15.9 Å². The Morgan fingerprint density at radius 2 is 2.29 bits per heavy atom. The van der Waals surface area contributed by atoms with Crippen molar-refractivity contribution in [2.75, 3.05) is 0 Å². The highest BCUT2D eigenvalue weighted by Gasteiger charge is 2.14. The molecule has 0 aliphatic carbocycles. The van der Waals surface area contributed by atoms with E-state index in [1.165, 1.54) is 6.07 Å². The van der Waals surface area contributed by atoms with Crippen LogP contribution in [-0.2, 0) is 6.42 Å². The Kier molecular flexibility index (Phi) is 3.14. The molecule has 0 N–H and O–H groups in total. The molecule has 0 atom stereocenters. The van der Waals surface area contributed by atoms with Crippen molar-refractivity contribution in [2.24, 2.45) is 0 Å². The van der Waals surface area contributed by atoms with Crippen molar-refractivity contribution < 1.29 is 9.31 Å². The monoisotopic (exact) mass is 258 g/mol. The number of nitrogens with zero attached hydrogens (tertiary/aromatic N) is 2. The maximum absolute atomic E-state index is 13.2. The highest BCUT2D eigenvalue weighted by molar-refractivity contribution is 9.10. The third-order valence-electron chi connectivity index (χ3n) is 1.59. The minimum Gasteiger partial charge on any atom is -0.258 e. The van der Waals surface area contributed by atoms with Gasteiger partial charge in [-0.3, -0.25) is 10.1 Å². The highest BCUT2D eigenvalue weighted by atomic mass is 79.9.